The maximum absolute atomic E-state index is 11.4. The van der Waals surface area contributed by atoms with E-state index in [0.29, 0.717) is 0 Å². The molecule has 140 valence electrons. The predicted molar refractivity (Wildman–Crippen MR) is 120 cm³/mol. The fraction of sp³-hybridized carbons (Fsp3) is 0.107. The van der Waals surface area contributed by atoms with E-state index in [1.165, 1.54) is 27.5 Å². The van der Waals surface area contributed by atoms with E-state index in [9.17, 15) is 4.79 Å². The van der Waals surface area contributed by atoms with Crippen LogP contribution in [0.4, 0.5) is 0 Å². The van der Waals surface area contributed by atoms with Crippen molar-refractivity contribution in [3.63, 3.8) is 0 Å². The van der Waals surface area contributed by atoms with Gasteiger partial charge in [-0.15, -0.1) is 0 Å². The van der Waals surface area contributed by atoms with E-state index in [1.54, 1.807) is 6.92 Å². The van der Waals surface area contributed by atoms with Gasteiger partial charge in [-0.3, -0.25) is 4.79 Å². The Balaban J connectivity index is 1.53. The zero-order valence-corrected chi connectivity index (χ0v) is 16.5. The highest BCUT2D eigenvalue weighted by atomic mass is 16.1. The molecule has 0 bridgehead atoms. The van der Waals surface area contributed by atoms with E-state index in [4.69, 9.17) is 0 Å². The van der Waals surface area contributed by atoms with Gasteiger partial charge in [0.2, 0.25) is 0 Å². The van der Waals surface area contributed by atoms with Crippen LogP contribution in [0.25, 0.3) is 10.8 Å². The Morgan fingerprint density at radius 1 is 0.724 bits per heavy atom. The van der Waals surface area contributed by atoms with Crippen molar-refractivity contribution in [2.24, 2.45) is 0 Å². The number of carbonyl (C=O) groups is 1. The molecule has 0 aliphatic heterocycles. The molecule has 1 heteroatoms. The van der Waals surface area contributed by atoms with Gasteiger partial charge in [-0.2, -0.15) is 0 Å². The third-order valence-corrected chi connectivity index (χ3v) is 5.04. The van der Waals surface area contributed by atoms with Crippen LogP contribution in [-0.2, 0) is 12.8 Å². The lowest BCUT2D eigenvalue weighted by Gasteiger charge is -2.06. The molecule has 0 spiro atoms. The number of ketones is 1. The van der Waals surface area contributed by atoms with Crippen LogP contribution in [0.15, 0.2) is 91.0 Å². The zero-order chi connectivity index (χ0) is 20.1. The molecular weight excluding hydrogens is 352 g/mol. The number of hydrogen-bond donors (Lipinski definition) is 0. The minimum absolute atomic E-state index is 0.100. The van der Waals surface area contributed by atoms with Crippen LogP contribution in [0.1, 0.15) is 39.5 Å². The molecule has 0 aromatic heterocycles. The largest absolute Gasteiger partial charge is 0.295 e. The van der Waals surface area contributed by atoms with E-state index < -0.39 is 0 Å². The first kappa shape index (κ1) is 18.7. The molecular formula is C28H22O. The van der Waals surface area contributed by atoms with Crippen molar-refractivity contribution in [1.82, 2.24) is 0 Å². The molecule has 0 saturated carbocycles. The summed E-state index contributed by atoms with van der Waals surface area (Å²) in [6, 6.07) is 31.1. The van der Waals surface area contributed by atoms with E-state index in [0.717, 1.165) is 24.0 Å². The van der Waals surface area contributed by atoms with Gasteiger partial charge >= 0.3 is 0 Å². The summed E-state index contributed by atoms with van der Waals surface area (Å²) >= 11 is 0. The number of rotatable bonds is 4. The maximum Gasteiger partial charge on any atom is 0.159 e. The van der Waals surface area contributed by atoms with Crippen molar-refractivity contribution in [3.8, 4) is 11.8 Å². The standard InChI is InChI=1S/C28H22O/c1-21(29)26-14-10-24(11-15-26)18-25-13-17-27-16-12-23(19-28(27)20-25)9-5-8-22-6-3-2-4-7-22/h2-4,6-7,10-17,19-20H,8,18H2,1H3. The SMILES string of the molecule is CC(=O)c1ccc(Cc2ccc3ccc(C#CCc4ccccc4)cc3c2)cc1. The number of benzene rings is 4. The third-order valence-electron chi connectivity index (χ3n) is 5.04. The molecule has 4 aromatic carbocycles. The van der Waals surface area contributed by atoms with E-state index >= 15 is 0 Å². The predicted octanol–water partition coefficient (Wildman–Crippen LogP) is 6.23. The molecule has 0 aliphatic carbocycles. The molecule has 29 heavy (non-hydrogen) atoms. The van der Waals surface area contributed by atoms with Gasteiger partial charge in [-0.05, 0) is 52.9 Å². The Morgan fingerprint density at radius 3 is 2.21 bits per heavy atom. The first-order chi connectivity index (χ1) is 14.2. The van der Waals surface area contributed by atoms with E-state index in [2.05, 4.69) is 60.4 Å². The number of carbonyl (C=O) groups excluding carboxylic acids is 1. The van der Waals surface area contributed by atoms with E-state index in [1.807, 2.05) is 42.5 Å². The van der Waals surface area contributed by atoms with Gasteiger partial charge in [0, 0.05) is 17.5 Å². The molecule has 0 atom stereocenters. The first-order valence-electron chi connectivity index (χ1n) is 9.83. The molecule has 1 nitrogen and oxygen atoms in total. The Labute approximate surface area is 172 Å². The Kier molecular flexibility index (Phi) is 5.54. The molecule has 0 saturated heterocycles. The van der Waals surface area contributed by atoms with Gasteiger partial charge in [0.1, 0.15) is 0 Å². The lowest BCUT2D eigenvalue weighted by molar-refractivity contribution is 0.101. The summed E-state index contributed by atoms with van der Waals surface area (Å²) in [6.45, 7) is 1.60. The maximum atomic E-state index is 11.4. The van der Waals surface area contributed by atoms with Crippen molar-refractivity contribution < 1.29 is 4.79 Å². The highest BCUT2D eigenvalue weighted by Gasteiger charge is 2.02. The second-order valence-electron chi connectivity index (χ2n) is 7.29. The van der Waals surface area contributed by atoms with Crippen molar-refractivity contribution in [2.45, 2.75) is 19.8 Å². The minimum Gasteiger partial charge on any atom is -0.295 e. The fourth-order valence-electron chi connectivity index (χ4n) is 3.42. The van der Waals surface area contributed by atoms with Crippen LogP contribution in [-0.4, -0.2) is 5.78 Å². The summed E-state index contributed by atoms with van der Waals surface area (Å²) in [4.78, 5) is 11.4. The summed E-state index contributed by atoms with van der Waals surface area (Å²) in [7, 11) is 0. The average molecular weight is 374 g/mol. The molecule has 0 fully saturated rings. The molecule has 4 aromatic rings. The molecule has 0 unspecified atom stereocenters. The van der Waals surface area contributed by atoms with Crippen molar-refractivity contribution in [1.29, 1.82) is 0 Å². The molecule has 0 radical (unpaired) electrons. The van der Waals surface area contributed by atoms with Crippen LogP contribution in [0, 0.1) is 11.8 Å². The minimum atomic E-state index is 0.100. The summed E-state index contributed by atoms with van der Waals surface area (Å²) < 4.78 is 0. The zero-order valence-electron chi connectivity index (χ0n) is 16.5. The molecule has 0 heterocycles. The lowest BCUT2D eigenvalue weighted by atomic mass is 9.99. The van der Waals surface area contributed by atoms with Crippen molar-refractivity contribution in [2.75, 3.05) is 0 Å². The normalized spacial score (nSPS) is 10.4. The summed E-state index contributed by atoms with van der Waals surface area (Å²) in [5.41, 5.74) is 5.48. The Morgan fingerprint density at radius 2 is 1.45 bits per heavy atom. The fourth-order valence-corrected chi connectivity index (χ4v) is 3.42. The topological polar surface area (TPSA) is 17.1 Å². The lowest BCUT2D eigenvalue weighted by Crippen LogP contribution is -1.93. The summed E-state index contributed by atoms with van der Waals surface area (Å²) in [5.74, 6) is 6.66. The number of hydrogen-bond acceptors (Lipinski definition) is 1. The third kappa shape index (κ3) is 4.81. The van der Waals surface area contributed by atoms with Gasteiger partial charge in [0.25, 0.3) is 0 Å². The van der Waals surface area contributed by atoms with Crippen molar-refractivity contribution in [3.05, 3.63) is 119 Å². The molecule has 0 aliphatic rings. The van der Waals surface area contributed by atoms with Crippen molar-refractivity contribution >= 4 is 16.6 Å². The van der Waals surface area contributed by atoms with Crippen LogP contribution in [0.3, 0.4) is 0 Å². The number of Topliss-reactive ketones (excluding diaryl/α,β-unsaturated/α-hetero) is 1. The highest BCUT2D eigenvalue weighted by molar-refractivity contribution is 5.94. The quantitative estimate of drug-likeness (QED) is 0.306. The van der Waals surface area contributed by atoms with Gasteiger partial charge in [0.15, 0.2) is 5.78 Å². The molecule has 4 rings (SSSR count). The van der Waals surface area contributed by atoms with Gasteiger partial charge < -0.3 is 0 Å². The number of fused-ring (bicyclic) bond motifs is 1. The monoisotopic (exact) mass is 374 g/mol. The van der Waals surface area contributed by atoms with Crippen LogP contribution in [0.5, 0.6) is 0 Å². The second-order valence-corrected chi connectivity index (χ2v) is 7.29. The Hall–Kier alpha value is -3.63. The molecule has 0 N–H and O–H groups in total. The first-order valence-corrected chi connectivity index (χ1v) is 9.83. The smallest absolute Gasteiger partial charge is 0.159 e. The summed E-state index contributed by atoms with van der Waals surface area (Å²) in [5, 5.41) is 2.42. The van der Waals surface area contributed by atoms with Gasteiger partial charge in [-0.25, -0.2) is 0 Å². The Bertz CT molecular complexity index is 1210. The van der Waals surface area contributed by atoms with Gasteiger partial charge in [0.05, 0.1) is 0 Å². The molecule has 0 amide bonds. The van der Waals surface area contributed by atoms with Crippen LogP contribution >= 0.6 is 0 Å². The van der Waals surface area contributed by atoms with Crippen LogP contribution in [0.2, 0.25) is 0 Å². The summed E-state index contributed by atoms with van der Waals surface area (Å²) in [6.07, 6.45) is 1.60. The second kappa shape index (κ2) is 8.59. The van der Waals surface area contributed by atoms with Crippen LogP contribution < -0.4 is 0 Å². The van der Waals surface area contributed by atoms with Gasteiger partial charge in [-0.1, -0.05) is 90.7 Å². The van der Waals surface area contributed by atoms with E-state index in [-0.39, 0.29) is 5.78 Å². The average Bonchev–Trinajstić information content (AvgIpc) is 2.75. The highest BCUT2D eigenvalue weighted by Crippen LogP contribution is 2.20.